The number of nitrogens with zero attached hydrogens (tertiary/aromatic N) is 1. The third kappa shape index (κ3) is 7.71. The molecule has 0 aliphatic carbocycles. The molecular formula is C21H32N2O6. The number of rotatable bonds is 7. The van der Waals surface area contributed by atoms with E-state index in [2.05, 4.69) is 5.32 Å². The molecule has 2 atom stereocenters. The van der Waals surface area contributed by atoms with E-state index in [1.807, 2.05) is 30.3 Å². The lowest BCUT2D eigenvalue weighted by molar-refractivity contribution is -0.556. The molecule has 29 heavy (non-hydrogen) atoms. The minimum absolute atomic E-state index is 0.153. The van der Waals surface area contributed by atoms with Crippen LogP contribution < -0.4 is 5.32 Å². The van der Waals surface area contributed by atoms with Crippen molar-refractivity contribution in [2.75, 3.05) is 0 Å². The quantitative estimate of drug-likeness (QED) is 0.417. The maximum atomic E-state index is 12.8. The van der Waals surface area contributed by atoms with Gasteiger partial charge in [0.25, 0.3) is 0 Å². The van der Waals surface area contributed by atoms with Gasteiger partial charge < -0.3 is 14.8 Å². The Morgan fingerprint density at radius 3 is 1.97 bits per heavy atom. The molecule has 0 fully saturated rings. The number of nitro groups is 1. The first kappa shape index (κ1) is 24.4. The molecule has 0 saturated carbocycles. The monoisotopic (exact) mass is 408 g/mol. The first-order chi connectivity index (χ1) is 13.1. The van der Waals surface area contributed by atoms with E-state index in [4.69, 9.17) is 9.47 Å². The van der Waals surface area contributed by atoms with Crippen molar-refractivity contribution in [2.24, 2.45) is 0 Å². The van der Waals surface area contributed by atoms with Gasteiger partial charge in [0.05, 0.1) is 0 Å². The van der Waals surface area contributed by atoms with Crippen LogP contribution in [-0.2, 0) is 20.7 Å². The normalized spacial score (nSPS) is 15.0. The van der Waals surface area contributed by atoms with E-state index >= 15 is 0 Å². The molecule has 162 valence electrons. The minimum Gasteiger partial charge on any atom is -0.455 e. The lowest BCUT2D eigenvalue weighted by atomic mass is 9.88. The number of hydrogen-bond donors (Lipinski definition) is 1. The number of alkyl carbamates (subject to hydrolysis) is 1. The molecular weight excluding hydrogens is 376 g/mol. The van der Waals surface area contributed by atoms with E-state index in [0.29, 0.717) is 6.42 Å². The first-order valence-electron chi connectivity index (χ1n) is 9.56. The Labute approximate surface area is 172 Å². The van der Waals surface area contributed by atoms with Crippen LogP contribution in [0.15, 0.2) is 30.3 Å². The van der Waals surface area contributed by atoms with Gasteiger partial charge in [0, 0.05) is 11.8 Å². The molecule has 1 aromatic rings. The second-order valence-corrected chi connectivity index (χ2v) is 9.13. The molecule has 1 rings (SSSR count). The number of amides is 1. The molecule has 0 saturated heterocycles. The van der Waals surface area contributed by atoms with Crippen LogP contribution in [0.5, 0.6) is 0 Å². The number of nitrogens with one attached hydrogen (secondary N) is 1. The SMILES string of the molecule is CC(C)(C)OC(=O)N[C@H](CCc1ccccc1)[C@](C)(C(=O)OC(C)(C)C)[N+](=O)[O-]. The molecule has 0 bridgehead atoms. The number of benzene rings is 1. The molecule has 1 amide bonds. The van der Waals surface area contributed by atoms with Crippen molar-refractivity contribution < 1.29 is 24.0 Å². The Kier molecular flexibility index (Phi) is 7.77. The van der Waals surface area contributed by atoms with Gasteiger partial charge in [-0.2, -0.15) is 0 Å². The van der Waals surface area contributed by atoms with Gasteiger partial charge in [-0.15, -0.1) is 0 Å². The van der Waals surface area contributed by atoms with Gasteiger partial charge in [-0.05, 0) is 59.9 Å². The first-order valence-corrected chi connectivity index (χ1v) is 9.56. The molecule has 0 aliphatic heterocycles. The molecule has 8 heteroatoms. The summed E-state index contributed by atoms with van der Waals surface area (Å²) in [6.45, 7) is 11.1. The van der Waals surface area contributed by atoms with Gasteiger partial charge >= 0.3 is 17.6 Å². The Hall–Kier alpha value is -2.64. The van der Waals surface area contributed by atoms with Crippen molar-refractivity contribution in [1.29, 1.82) is 0 Å². The smallest absolute Gasteiger partial charge is 0.408 e. The summed E-state index contributed by atoms with van der Waals surface area (Å²) in [4.78, 5) is 36.4. The highest BCUT2D eigenvalue weighted by Gasteiger charge is 2.56. The van der Waals surface area contributed by atoms with Crippen LogP contribution >= 0.6 is 0 Å². The zero-order valence-corrected chi connectivity index (χ0v) is 18.3. The summed E-state index contributed by atoms with van der Waals surface area (Å²) < 4.78 is 10.6. The molecule has 0 unspecified atom stereocenters. The van der Waals surface area contributed by atoms with Crippen LogP contribution in [0.4, 0.5) is 4.79 Å². The fraction of sp³-hybridized carbons (Fsp3) is 0.619. The Morgan fingerprint density at radius 2 is 1.52 bits per heavy atom. The zero-order chi connectivity index (χ0) is 22.5. The molecule has 0 aromatic heterocycles. The highest BCUT2D eigenvalue weighted by Crippen LogP contribution is 2.25. The Balaban J connectivity index is 3.19. The van der Waals surface area contributed by atoms with Crippen LogP contribution in [-0.4, -0.2) is 39.8 Å². The summed E-state index contributed by atoms with van der Waals surface area (Å²) in [5.41, 5.74) is -2.95. The lowest BCUT2D eigenvalue weighted by Crippen LogP contribution is -2.62. The molecule has 0 heterocycles. The Morgan fingerprint density at radius 1 is 1.00 bits per heavy atom. The summed E-state index contributed by atoms with van der Waals surface area (Å²) >= 11 is 0. The van der Waals surface area contributed by atoms with Crippen molar-refractivity contribution in [3.05, 3.63) is 46.0 Å². The number of esters is 1. The predicted octanol–water partition coefficient (Wildman–Crippen LogP) is 3.89. The van der Waals surface area contributed by atoms with Crippen LogP contribution in [0.2, 0.25) is 0 Å². The summed E-state index contributed by atoms with van der Waals surface area (Å²) in [5, 5.41) is 14.5. The van der Waals surface area contributed by atoms with Crippen molar-refractivity contribution in [1.82, 2.24) is 5.32 Å². The van der Waals surface area contributed by atoms with Crippen molar-refractivity contribution in [2.45, 2.75) is 84.1 Å². The van der Waals surface area contributed by atoms with Gasteiger partial charge in [0.1, 0.15) is 17.2 Å². The molecule has 8 nitrogen and oxygen atoms in total. The second kappa shape index (κ2) is 9.24. The summed E-state index contributed by atoms with van der Waals surface area (Å²) in [5.74, 6) is -1.01. The molecule has 0 radical (unpaired) electrons. The van der Waals surface area contributed by atoms with Crippen molar-refractivity contribution >= 4 is 12.1 Å². The number of aryl methyl sites for hydroxylation is 1. The van der Waals surface area contributed by atoms with E-state index in [-0.39, 0.29) is 6.42 Å². The fourth-order valence-electron chi connectivity index (χ4n) is 2.62. The van der Waals surface area contributed by atoms with E-state index < -0.39 is 39.8 Å². The van der Waals surface area contributed by atoms with Gasteiger partial charge in [-0.25, -0.2) is 9.59 Å². The maximum absolute atomic E-state index is 12.8. The maximum Gasteiger partial charge on any atom is 0.408 e. The number of carbonyl (C=O) groups is 2. The van der Waals surface area contributed by atoms with E-state index in [1.165, 1.54) is 6.92 Å². The van der Waals surface area contributed by atoms with Crippen LogP contribution in [0.3, 0.4) is 0 Å². The number of carbonyl (C=O) groups excluding carboxylic acids is 2. The molecule has 0 spiro atoms. The molecule has 1 N–H and O–H groups in total. The van der Waals surface area contributed by atoms with Crippen LogP contribution in [0.25, 0.3) is 0 Å². The van der Waals surface area contributed by atoms with Crippen molar-refractivity contribution in [3.63, 3.8) is 0 Å². The standard InChI is InChI=1S/C21H32N2O6/c1-19(2,3)28-17(24)21(7,23(26)27)16(22-18(25)29-20(4,5)6)14-13-15-11-9-8-10-12-15/h8-12,16H,13-14H2,1-7H3,(H,22,25)/t16-,21-/m1/s1. The number of hydrogen-bond acceptors (Lipinski definition) is 6. The van der Waals surface area contributed by atoms with Crippen LogP contribution in [0, 0.1) is 10.1 Å². The van der Waals surface area contributed by atoms with E-state index in [9.17, 15) is 19.7 Å². The highest BCUT2D eigenvalue weighted by molar-refractivity contribution is 5.81. The fourth-order valence-corrected chi connectivity index (χ4v) is 2.62. The van der Waals surface area contributed by atoms with Gasteiger partial charge in [0.2, 0.25) is 0 Å². The average molecular weight is 408 g/mol. The largest absolute Gasteiger partial charge is 0.455 e. The molecule has 0 aliphatic rings. The predicted molar refractivity (Wildman–Crippen MR) is 109 cm³/mol. The van der Waals surface area contributed by atoms with Gasteiger partial charge in [0.15, 0.2) is 0 Å². The Bertz CT molecular complexity index is 721. The average Bonchev–Trinajstić information content (AvgIpc) is 2.55. The lowest BCUT2D eigenvalue weighted by Gasteiger charge is -2.32. The van der Waals surface area contributed by atoms with Crippen LogP contribution in [0.1, 0.15) is 60.5 Å². The summed E-state index contributed by atoms with van der Waals surface area (Å²) in [7, 11) is 0. The summed E-state index contributed by atoms with van der Waals surface area (Å²) in [6, 6.07) is 8.19. The van der Waals surface area contributed by atoms with E-state index in [1.54, 1.807) is 41.5 Å². The topological polar surface area (TPSA) is 108 Å². The summed E-state index contributed by atoms with van der Waals surface area (Å²) in [6.07, 6.45) is -0.250. The van der Waals surface area contributed by atoms with Crippen molar-refractivity contribution in [3.8, 4) is 0 Å². The molecule has 1 aromatic carbocycles. The zero-order valence-electron chi connectivity index (χ0n) is 18.3. The van der Waals surface area contributed by atoms with Gasteiger partial charge in [-0.3, -0.25) is 10.1 Å². The third-order valence-electron chi connectivity index (χ3n) is 4.13. The third-order valence-corrected chi connectivity index (χ3v) is 4.13. The minimum atomic E-state index is -2.18. The highest BCUT2D eigenvalue weighted by atomic mass is 16.6. The second-order valence-electron chi connectivity index (χ2n) is 9.13. The number of ether oxygens (including phenoxy) is 2. The van der Waals surface area contributed by atoms with Gasteiger partial charge in [-0.1, -0.05) is 30.3 Å². The van der Waals surface area contributed by atoms with E-state index in [0.717, 1.165) is 5.56 Å².